The summed E-state index contributed by atoms with van der Waals surface area (Å²) in [4.78, 5) is 3.05. The average Bonchev–Trinajstić information content (AvgIpc) is 2.83. The van der Waals surface area contributed by atoms with Crippen molar-refractivity contribution in [3.05, 3.63) is 60.3 Å². The number of aromatic amines is 1. The summed E-state index contributed by atoms with van der Waals surface area (Å²) in [5, 5.41) is 0.891. The Balaban J connectivity index is 2.01. The molecular formula is C14H9F2NO. The molecule has 18 heavy (non-hydrogen) atoms. The molecule has 1 N–H and O–H groups in total. The van der Waals surface area contributed by atoms with Crippen molar-refractivity contribution in [2.75, 3.05) is 0 Å². The van der Waals surface area contributed by atoms with Crippen molar-refractivity contribution in [2.24, 2.45) is 0 Å². The highest BCUT2D eigenvalue weighted by molar-refractivity contribution is 5.85. The minimum Gasteiger partial charge on any atom is -0.457 e. The molecule has 0 radical (unpaired) electrons. The minimum absolute atomic E-state index is 0.266. The normalized spacial score (nSPS) is 10.8. The molecule has 0 aliphatic carbocycles. The standard InChI is InChI=1S/C14H9F2NO/c15-11-5-4-9(8-12(11)16)18-14-3-1-2-13-10(14)6-7-17-13/h1-8,17H. The molecule has 2 aromatic carbocycles. The van der Waals surface area contributed by atoms with E-state index in [0.29, 0.717) is 5.75 Å². The van der Waals surface area contributed by atoms with Gasteiger partial charge in [-0.2, -0.15) is 0 Å². The smallest absolute Gasteiger partial charge is 0.162 e. The second kappa shape index (κ2) is 4.14. The van der Waals surface area contributed by atoms with E-state index in [4.69, 9.17) is 4.74 Å². The van der Waals surface area contributed by atoms with Crippen molar-refractivity contribution in [1.82, 2.24) is 4.98 Å². The molecule has 1 aromatic heterocycles. The Hall–Kier alpha value is -2.36. The first kappa shape index (κ1) is 10.8. The maximum absolute atomic E-state index is 13.1. The van der Waals surface area contributed by atoms with Gasteiger partial charge in [-0.25, -0.2) is 8.78 Å². The van der Waals surface area contributed by atoms with Crippen LogP contribution in [0.15, 0.2) is 48.7 Å². The summed E-state index contributed by atoms with van der Waals surface area (Å²) < 4.78 is 31.4. The third kappa shape index (κ3) is 1.82. The summed E-state index contributed by atoms with van der Waals surface area (Å²) in [6.45, 7) is 0. The number of hydrogen-bond acceptors (Lipinski definition) is 1. The molecule has 0 unspecified atom stereocenters. The van der Waals surface area contributed by atoms with Crippen molar-refractivity contribution in [3.8, 4) is 11.5 Å². The molecule has 0 aliphatic rings. The summed E-state index contributed by atoms with van der Waals surface area (Å²) in [6.07, 6.45) is 1.79. The predicted molar refractivity (Wildman–Crippen MR) is 64.7 cm³/mol. The Bertz CT molecular complexity index is 706. The largest absolute Gasteiger partial charge is 0.457 e. The average molecular weight is 245 g/mol. The van der Waals surface area contributed by atoms with Gasteiger partial charge >= 0.3 is 0 Å². The van der Waals surface area contributed by atoms with E-state index in [0.717, 1.165) is 23.0 Å². The van der Waals surface area contributed by atoms with Crippen molar-refractivity contribution in [1.29, 1.82) is 0 Å². The quantitative estimate of drug-likeness (QED) is 0.717. The van der Waals surface area contributed by atoms with E-state index in [2.05, 4.69) is 4.98 Å². The number of benzene rings is 2. The SMILES string of the molecule is Fc1ccc(Oc2cccc3[nH]ccc23)cc1F. The molecule has 3 aromatic rings. The molecule has 0 bridgehead atoms. The fourth-order valence-corrected chi connectivity index (χ4v) is 1.81. The molecule has 0 saturated carbocycles. The van der Waals surface area contributed by atoms with E-state index < -0.39 is 11.6 Å². The number of hydrogen-bond donors (Lipinski definition) is 1. The highest BCUT2D eigenvalue weighted by Crippen LogP contribution is 2.29. The number of aromatic nitrogens is 1. The number of rotatable bonds is 2. The fourth-order valence-electron chi connectivity index (χ4n) is 1.81. The van der Waals surface area contributed by atoms with Crippen LogP contribution in [-0.4, -0.2) is 4.98 Å². The fraction of sp³-hybridized carbons (Fsp3) is 0. The van der Waals surface area contributed by atoms with Crippen LogP contribution in [0.4, 0.5) is 8.78 Å². The molecule has 0 spiro atoms. The number of halogens is 2. The molecule has 0 atom stereocenters. The first-order chi connectivity index (χ1) is 8.74. The van der Waals surface area contributed by atoms with Crippen LogP contribution in [0.3, 0.4) is 0 Å². The van der Waals surface area contributed by atoms with E-state index in [1.54, 1.807) is 12.3 Å². The van der Waals surface area contributed by atoms with Crippen molar-refractivity contribution >= 4 is 10.9 Å². The second-order valence-corrected chi connectivity index (χ2v) is 3.87. The van der Waals surface area contributed by atoms with Crippen molar-refractivity contribution < 1.29 is 13.5 Å². The maximum Gasteiger partial charge on any atom is 0.162 e. The number of ether oxygens (including phenoxy) is 1. The Labute approximate surface area is 102 Å². The molecule has 0 fully saturated rings. The molecular weight excluding hydrogens is 236 g/mol. The van der Waals surface area contributed by atoms with E-state index in [1.807, 2.05) is 18.2 Å². The lowest BCUT2D eigenvalue weighted by Crippen LogP contribution is -1.88. The van der Waals surface area contributed by atoms with Gasteiger partial charge in [-0.05, 0) is 30.3 Å². The van der Waals surface area contributed by atoms with E-state index in [-0.39, 0.29) is 5.75 Å². The van der Waals surface area contributed by atoms with Crippen LogP contribution in [-0.2, 0) is 0 Å². The summed E-state index contributed by atoms with van der Waals surface area (Å²) in [5.74, 6) is -0.946. The van der Waals surface area contributed by atoms with E-state index >= 15 is 0 Å². The molecule has 90 valence electrons. The minimum atomic E-state index is -0.922. The Kier molecular flexibility index (Phi) is 2.48. The Morgan fingerprint density at radius 2 is 1.83 bits per heavy atom. The van der Waals surface area contributed by atoms with E-state index in [9.17, 15) is 8.78 Å². The van der Waals surface area contributed by atoms with Gasteiger partial charge in [0.05, 0.1) is 0 Å². The van der Waals surface area contributed by atoms with Gasteiger partial charge < -0.3 is 9.72 Å². The van der Waals surface area contributed by atoms with Gasteiger partial charge in [0.1, 0.15) is 11.5 Å². The van der Waals surface area contributed by atoms with Gasteiger partial charge in [-0.15, -0.1) is 0 Å². The van der Waals surface area contributed by atoms with Gasteiger partial charge in [0.25, 0.3) is 0 Å². The van der Waals surface area contributed by atoms with Crippen molar-refractivity contribution in [3.63, 3.8) is 0 Å². The number of H-pyrrole nitrogens is 1. The van der Waals surface area contributed by atoms with Crippen LogP contribution in [0, 0.1) is 11.6 Å². The zero-order valence-electron chi connectivity index (χ0n) is 9.28. The molecule has 2 nitrogen and oxygen atoms in total. The lowest BCUT2D eigenvalue weighted by molar-refractivity contribution is 0.465. The van der Waals surface area contributed by atoms with Gasteiger partial charge in [0.15, 0.2) is 11.6 Å². The van der Waals surface area contributed by atoms with Crippen LogP contribution in [0.1, 0.15) is 0 Å². The predicted octanol–water partition coefficient (Wildman–Crippen LogP) is 4.24. The van der Waals surface area contributed by atoms with Crippen LogP contribution in [0.2, 0.25) is 0 Å². The molecule has 1 heterocycles. The van der Waals surface area contributed by atoms with Gasteiger partial charge in [0, 0.05) is 23.2 Å². The molecule has 0 amide bonds. The summed E-state index contributed by atoms with van der Waals surface area (Å²) >= 11 is 0. The highest BCUT2D eigenvalue weighted by Gasteiger charge is 2.07. The zero-order valence-corrected chi connectivity index (χ0v) is 9.28. The third-order valence-corrected chi connectivity index (χ3v) is 2.67. The van der Waals surface area contributed by atoms with Gasteiger partial charge in [-0.3, -0.25) is 0 Å². The number of fused-ring (bicyclic) bond motifs is 1. The van der Waals surface area contributed by atoms with Gasteiger partial charge in [-0.1, -0.05) is 6.07 Å². The molecule has 4 heteroatoms. The molecule has 0 aliphatic heterocycles. The van der Waals surface area contributed by atoms with Gasteiger partial charge in [0.2, 0.25) is 0 Å². The summed E-state index contributed by atoms with van der Waals surface area (Å²) in [7, 11) is 0. The van der Waals surface area contributed by atoms with Crippen LogP contribution < -0.4 is 4.74 Å². The lowest BCUT2D eigenvalue weighted by Gasteiger charge is -2.07. The topological polar surface area (TPSA) is 25.0 Å². The number of nitrogens with one attached hydrogen (secondary N) is 1. The first-order valence-corrected chi connectivity index (χ1v) is 5.43. The van der Waals surface area contributed by atoms with E-state index in [1.165, 1.54) is 6.07 Å². The van der Waals surface area contributed by atoms with Crippen LogP contribution in [0.25, 0.3) is 10.9 Å². The first-order valence-electron chi connectivity index (χ1n) is 5.43. The molecule has 3 rings (SSSR count). The highest BCUT2D eigenvalue weighted by atomic mass is 19.2. The Morgan fingerprint density at radius 1 is 0.944 bits per heavy atom. The third-order valence-electron chi connectivity index (χ3n) is 2.67. The summed E-state index contributed by atoms with van der Waals surface area (Å²) in [5.41, 5.74) is 0.926. The maximum atomic E-state index is 13.1. The van der Waals surface area contributed by atoms with Crippen LogP contribution >= 0.6 is 0 Å². The summed E-state index contributed by atoms with van der Waals surface area (Å²) in [6, 6.07) is 10.8. The molecule has 0 saturated heterocycles. The second-order valence-electron chi connectivity index (χ2n) is 3.87. The van der Waals surface area contributed by atoms with Crippen LogP contribution in [0.5, 0.6) is 11.5 Å². The monoisotopic (exact) mass is 245 g/mol. The lowest BCUT2D eigenvalue weighted by atomic mass is 10.2. The Morgan fingerprint density at radius 3 is 2.67 bits per heavy atom. The van der Waals surface area contributed by atoms with Crippen molar-refractivity contribution in [2.45, 2.75) is 0 Å². The zero-order chi connectivity index (χ0) is 12.5.